The van der Waals surface area contributed by atoms with E-state index in [-0.39, 0.29) is 0 Å². The van der Waals surface area contributed by atoms with Gasteiger partial charge in [0, 0.05) is 25.2 Å². The van der Waals surface area contributed by atoms with Crippen molar-refractivity contribution in [3.05, 3.63) is 28.0 Å². The fourth-order valence-corrected chi connectivity index (χ4v) is 2.33. The third-order valence-electron chi connectivity index (χ3n) is 2.97. The van der Waals surface area contributed by atoms with Crippen molar-refractivity contribution in [3.8, 4) is 0 Å². The smallest absolute Gasteiger partial charge is 0.195 e. The first-order valence-corrected chi connectivity index (χ1v) is 6.72. The maximum Gasteiger partial charge on any atom is 0.195 e. The molecule has 2 heterocycles. The van der Waals surface area contributed by atoms with E-state index in [2.05, 4.69) is 39.9 Å². The molecular formula is C12H19N5S. The quantitative estimate of drug-likeness (QED) is 0.844. The van der Waals surface area contributed by atoms with E-state index < -0.39 is 0 Å². The number of hydrogen-bond acceptors (Lipinski definition) is 3. The van der Waals surface area contributed by atoms with Gasteiger partial charge in [-0.25, -0.2) is 0 Å². The Morgan fingerprint density at radius 1 is 1.39 bits per heavy atom. The highest BCUT2D eigenvalue weighted by Gasteiger charge is 2.10. The van der Waals surface area contributed by atoms with Gasteiger partial charge in [0.2, 0.25) is 0 Å². The van der Waals surface area contributed by atoms with Crippen LogP contribution in [0, 0.1) is 4.77 Å². The molecule has 0 spiro atoms. The van der Waals surface area contributed by atoms with Gasteiger partial charge >= 0.3 is 0 Å². The Morgan fingerprint density at radius 3 is 2.83 bits per heavy atom. The van der Waals surface area contributed by atoms with Crippen LogP contribution in [0.3, 0.4) is 0 Å². The van der Waals surface area contributed by atoms with Crippen LogP contribution in [-0.2, 0) is 26.4 Å². The van der Waals surface area contributed by atoms with Gasteiger partial charge in [0.25, 0.3) is 0 Å². The minimum atomic E-state index is 0.685. The Hall–Kier alpha value is -1.43. The molecule has 2 aromatic rings. The van der Waals surface area contributed by atoms with Gasteiger partial charge in [-0.2, -0.15) is 10.2 Å². The molecule has 2 rings (SSSR count). The van der Waals surface area contributed by atoms with E-state index in [1.165, 1.54) is 5.56 Å². The number of aromatic nitrogens is 5. The van der Waals surface area contributed by atoms with Crippen LogP contribution in [0.2, 0.25) is 0 Å². The summed E-state index contributed by atoms with van der Waals surface area (Å²) in [5.41, 5.74) is 2.35. The zero-order valence-electron chi connectivity index (χ0n) is 11.1. The third-order valence-corrected chi connectivity index (χ3v) is 3.28. The topological polar surface area (TPSA) is 51.4 Å². The molecule has 0 aliphatic heterocycles. The molecule has 0 saturated carbocycles. The summed E-state index contributed by atoms with van der Waals surface area (Å²) in [6.07, 6.45) is 5.00. The van der Waals surface area contributed by atoms with Crippen molar-refractivity contribution in [2.24, 2.45) is 7.05 Å². The monoisotopic (exact) mass is 265 g/mol. The lowest BCUT2D eigenvalue weighted by molar-refractivity contribution is 0.694. The van der Waals surface area contributed by atoms with Crippen LogP contribution in [0.15, 0.2) is 6.20 Å². The normalized spacial score (nSPS) is 11.1. The highest BCUT2D eigenvalue weighted by molar-refractivity contribution is 7.71. The van der Waals surface area contributed by atoms with E-state index in [1.54, 1.807) is 0 Å². The zero-order valence-corrected chi connectivity index (χ0v) is 11.9. The van der Waals surface area contributed by atoms with Gasteiger partial charge in [-0.05, 0) is 25.1 Å². The second kappa shape index (κ2) is 5.48. The number of H-pyrrole nitrogens is 1. The minimum absolute atomic E-state index is 0.685. The lowest BCUT2D eigenvalue weighted by Gasteiger charge is -2.05. The number of aryl methyl sites for hydroxylation is 3. The van der Waals surface area contributed by atoms with Gasteiger partial charge in [0.15, 0.2) is 4.77 Å². The lowest BCUT2D eigenvalue weighted by Crippen LogP contribution is -2.06. The molecule has 0 radical (unpaired) electrons. The number of rotatable bonds is 5. The number of nitrogens with one attached hydrogen (secondary N) is 1. The van der Waals surface area contributed by atoms with Crippen LogP contribution in [0.25, 0.3) is 0 Å². The Balaban J connectivity index is 2.33. The Kier molecular flexibility index (Phi) is 3.96. The molecule has 0 atom stereocenters. The van der Waals surface area contributed by atoms with Crippen molar-refractivity contribution in [3.63, 3.8) is 0 Å². The highest BCUT2D eigenvalue weighted by atomic mass is 32.1. The van der Waals surface area contributed by atoms with Crippen molar-refractivity contribution < 1.29 is 0 Å². The van der Waals surface area contributed by atoms with E-state index >= 15 is 0 Å². The number of aromatic amines is 1. The lowest BCUT2D eigenvalue weighted by atomic mass is 10.2. The summed E-state index contributed by atoms with van der Waals surface area (Å²) in [5, 5.41) is 11.6. The van der Waals surface area contributed by atoms with Gasteiger partial charge < -0.3 is 0 Å². The summed E-state index contributed by atoms with van der Waals surface area (Å²) in [7, 11) is 1.95. The highest BCUT2D eigenvalue weighted by Crippen LogP contribution is 2.12. The maximum atomic E-state index is 5.29. The Morgan fingerprint density at radius 2 is 2.17 bits per heavy atom. The first-order chi connectivity index (χ1) is 8.65. The molecule has 0 fully saturated rings. The van der Waals surface area contributed by atoms with Crippen LogP contribution in [0.4, 0.5) is 0 Å². The zero-order chi connectivity index (χ0) is 13.1. The summed E-state index contributed by atoms with van der Waals surface area (Å²) in [6.45, 7) is 5.01. The van der Waals surface area contributed by atoms with Crippen molar-refractivity contribution in [2.75, 3.05) is 0 Å². The minimum Gasteiger partial charge on any atom is -0.300 e. The van der Waals surface area contributed by atoms with Gasteiger partial charge in [-0.15, -0.1) is 0 Å². The fourth-order valence-electron chi connectivity index (χ4n) is 2.11. The summed E-state index contributed by atoms with van der Waals surface area (Å²) in [4.78, 5) is 0. The molecule has 0 aromatic carbocycles. The molecule has 0 amide bonds. The molecule has 0 aliphatic carbocycles. The third kappa shape index (κ3) is 2.53. The Bertz CT molecular complexity index is 578. The molecule has 2 aromatic heterocycles. The SMILES string of the molecule is CCCc1n[nH]c(=S)n1Cc1cn(C)nc1CC. The molecule has 98 valence electrons. The fraction of sp³-hybridized carbons (Fsp3) is 0.583. The molecule has 0 aliphatic rings. The molecule has 0 saturated heterocycles. The first-order valence-electron chi connectivity index (χ1n) is 6.31. The number of hydrogen-bond donors (Lipinski definition) is 1. The van der Waals surface area contributed by atoms with Crippen LogP contribution >= 0.6 is 12.2 Å². The summed E-state index contributed by atoms with van der Waals surface area (Å²) < 4.78 is 4.61. The second-order valence-electron chi connectivity index (χ2n) is 4.41. The van der Waals surface area contributed by atoms with E-state index in [0.717, 1.165) is 37.3 Å². The Labute approximate surface area is 112 Å². The molecule has 0 unspecified atom stereocenters. The number of nitrogens with zero attached hydrogens (tertiary/aromatic N) is 4. The first kappa shape index (κ1) is 13.0. The summed E-state index contributed by atoms with van der Waals surface area (Å²) in [5.74, 6) is 1.02. The van der Waals surface area contributed by atoms with Crippen LogP contribution in [0.5, 0.6) is 0 Å². The second-order valence-corrected chi connectivity index (χ2v) is 4.80. The average Bonchev–Trinajstić information content (AvgIpc) is 2.86. The van der Waals surface area contributed by atoms with E-state index in [0.29, 0.717) is 4.77 Å². The average molecular weight is 265 g/mol. The molecule has 6 heteroatoms. The predicted octanol–water partition coefficient (Wildman–Crippen LogP) is 2.24. The maximum absolute atomic E-state index is 5.29. The van der Waals surface area contributed by atoms with Gasteiger partial charge in [-0.1, -0.05) is 13.8 Å². The van der Waals surface area contributed by atoms with E-state index in [1.807, 2.05) is 11.7 Å². The molecule has 18 heavy (non-hydrogen) atoms. The molecule has 0 bridgehead atoms. The van der Waals surface area contributed by atoms with Crippen LogP contribution in [-0.4, -0.2) is 24.5 Å². The van der Waals surface area contributed by atoms with Gasteiger partial charge in [-0.3, -0.25) is 14.3 Å². The molecule has 5 nitrogen and oxygen atoms in total. The van der Waals surface area contributed by atoms with Crippen LogP contribution in [0.1, 0.15) is 37.4 Å². The standard InChI is InChI=1S/C12H19N5S/c1-4-6-11-13-14-12(18)17(11)8-9-7-16(3)15-10(9)5-2/h7H,4-6,8H2,1-3H3,(H,14,18). The molecular weight excluding hydrogens is 246 g/mol. The van der Waals surface area contributed by atoms with Crippen molar-refractivity contribution in [1.82, 2.24) is 24.5 Å². The van der Waals surface area contributed by atoms with E-state index in [4.69, 9.17) is 12.2 Å². The van der Waals surface area contributed by atoms with Crippen LogP contribution < -0.4 is 0 Å². The van der Waals surface area contributed by atoms with Crippen molar-refractivity contribution in [1.29, 1.82) is 0 Å². The summed E-state index contributed by atoms with van der Waals surface area (Å²) in [6, 6.07) is 0. The largest absolute Gasteiger partial charge is 0.300 e. The van der Waals surface area contributed by atoms with Gasteiger partial charge in [0.1, 0.15) is 5.82 Å². The molecule has 1 N–H and O–H groups in total. The van der Waals surface area contributed by atoms with Crippen molar-refractivity contribution in [2.45, 2.75) is 39.7 Å². The van der Waals surface area contributed by atoms with Gasteiger partial charge in [0.05, 0.1) is 12.2 Å². The van der Waals surface area contributed by atoms with Crippen molar-refractivity contribution >= 4 is 12.2 Å². The predicted molar refractivity (Wildman–Crippen MR) is 73.1 cm³/mol. The summed E-state index contributed by atoms with van der Waals surface area (Å²) >= 11 is 5.29. The van der Waals surface area contributed by atoms with E-state index in [9.17, 15) is 0 Å².